The second-order valence-electron chi connectivity index (χ2n) is 6.95. The van der Waals surface area contributed by atoms with Gasteiger partial charge in [0.15, 0.2) is 11.5 Å². The van der Waals surface area contributed by atoms with Crippen LogP contribution in [0.25, 0.3) is 0 Å². The van der Waals surface area contributed by atoms with Crippen LogP contribution >= 0.6 is 0 Å². The third kappa shape index (κ3) is 4.58. The number of benzene rings is 2. The number of esters is 1. The number of aromatic nitrogens is 3. The van der Waals surface area contributed by atoms with Crippen LogP contribution in [0.4, 0.5) is 5.69 Å². The molecule has 0 amide bonds. The molecule has 34 heavy (non-hydrogen) atoms. The molecule has 0 atom stereocenters. The van der Waals surface area contributed by atoms with Crippen LogP contribution in [-0.2, 0) is 11.3 Å². The number of carbonyl (C=O) groups is 2. The van der Waals surface area contributed by atoms with Gasteiger partial charge in [0.05, 0.1) is 52.8 Å². The van der Waals surface area contributed by atoms with Crippen LogP contribution in [0.1, 0.15) is 39.0 Å². The quantitative estimate of drug-likeness (QED) is 0.267. The standard InChI is InChI=1S/C23H26N4O7/c1-6-34-23(29)18-19(27(26-25-18)12-13-7-9-14(30-2)10-8-13)20(28)15-11-16(31-3)21(32-4)22(33-5)17(15)24/h7-11H,6,12,24H2,1-5H3. The van der Waals surface area contributed by atoms with Gasteiger partial charge in [0.25, 0.3) is 0 Å². The highest BCUT2D eigenvalue weighted by Gasteiger charge is 2.31. The average Bonchev–Trinajstić information content (AvgIpc) is 3.27. The van der Waals surface area contributed by atoms with E-state index in [1.54, 1.807) is 26.2 Å². The summed E-state index contributed by atoms with van der Waals surface area (Å²) in [6.45, 7) is 1.91. The molecule has 2 aromatic carbocycles. The number of carbonyl (C=O) groups excluding carboxylic acids is 2. The summed E-state index contributed by atoms with van der Waals surface area (Å²) in [7, 11) is 5.80. The maximum Gasteiger partial charge on any atom is 0.361 e. The Hall–Kier alpha value is -4.28. The molecule has 0 aliphatic rings. The number of anilines is 1. The van der Waals surface area contributed by atoms with Gasteiger partial charge in [-0.1, -0.05) is 17.3 Å². The highest BCUT2D eigenvalue weighted by atomic mass is 16.5. The van der Waals surface area contributed by atoms with Crippen molar-refractivity contribution >= 4 is 17.4 Å². The average molecular weight is 470 g/mol. The van der Waals surface area contributed by atoms with Crippen molar-refractivity contribution in [1.82, 2.24) is 15.0 Å². The molecule has 0 saturated heterocycles. The Balaban J connectivity index is 2.15. The van der Waals surface area contributed by atoms with Crippen LogP contribution in [0.5, 0.6) is 23.0 Å². The normalized spacial score (nSPS) is 10.5. The van der Waals surface area contributed by atoms with Crippen molar-refractivity contribution in [3.05, 3.63) is 52.8 Å². The predicted molar refractivity (Wildman–Crippen MR) is 122 cm³/mol. The van der Waals surface area contributed by atoms with E-state index >= 15 is 0 Å². The number of methoxy groups -OCH3 is 4. The Morgan fingerprint density at radius 2 is 1.65 bits per heavy atom. The van der Waals surface area contributed by atoms with Gasteiger partial charge in [0.1, 0.15) is 11.4 Å². The lowest BCUT2D eigenvalue weighted by Gasteiger charge is -2.17. The van der Waals surface area contributed by atoms with Gasteiger partial charge in [-0.15, -0.1) is 5.10 Å². The Morgan fingerprint density at radius 3 is 2.21 bits per heavy atom. The molecule has 11 nitrogen and oxygen atoms in total. The largest absolute Gasteiger partial charge is 0.497 e. The van der Waals surface area contributed by atoms with E-state index in [1.807, 2.05) is 12.1 Å². The fourth-order valence-corrected chi connectivity index (χ4v) is 3.38. The van der Waals surface area contributed by atoms with Crippen LogP contribution in [0, 0.1) is 0 Å². The lowest BCUT2D eigenvalue weighted by molar-refractivity contribution is 0.0516. The second kappa shape index (κ2) is 10.6. The molecule has 3 rings (SSSR count). The third-order valence-electron chi connectivity index (χ3n) is 5.02. The van der Waals surface area contributed by atoms with E-state index in [2.05, 4.69) is 10.3 Å². The maximum absolute atomic E-state index is 13.7. The van der Waals surface area contributed by atoms with Crippen LogP contribution in [0.2, 0.25) is 0 Å². The topological polar surface area (TPSA) is 137 Å². The molecular formula is C23H26N4O7. The molecule has 180 valence electrons. The number of nitrogen functional groups attached to an aromatic ring is 1. The van der Waals surface area contributed by atoms with E-state index in [1.165, 1.54) is 32.1 Å². The molecule has 3 aromatic rings. The Morgan fingerprint density at radius 1 is 0.971 bits per heavy atom. The lowest BCUT2D eigenvalue weighted by Crippen LogP contribution is -2.19. The van der Waals surface area contributed by atoms with Crippen LogP contribution in [0.3, 0.4) is 0 Å². The molecule has 1 aromatic heterocycles. The van der Waals surface area contributed by atoms with Crippen LogP contribution in [0.15, 0.2) is 30.3 Å². The predicted octanol–water partition coefficient (Wildman–Crippen LogP) is 2.35. The summed E-state index contributed by atoms with van der Waals surface area (Å²) in [5.74, 6) is -0.137. The van der Waals surface area contributed by atoms with Crippen molar-refractivity contribution in [3.63, 3.8) is 0 Å². The van der Waals surface area contributed by atoms with E-state index < -0.39 is 11.8 Å². The molecule has 0 spiro atoms. The molecule has 11 heteroatoms. The molecule has 2 N–H and O–H groups in total. The molecule has 0 radical (unpaired) electrons. The van der Waals surface area contributed by atoms with Crippen molar-refractivity contribution in [2.45, 2.75) is 13.5 Å². The Bertz CT molecular complexity index is 1190. The van der Waals surface area contributed by atoms with Gasteiger partial charge >= 0.3 is 5.97 Å². The third-order valence-corrected chi connectivity index (χ3v) is 5.02. The van der Waals surface area contributed by atoms with Crippen molar-refractivity contribution in [2.24, 2.45) is 0 Å². The number of nitrogens with zero attached hydrogens (tertiary/aromatic N) is 3. The first-order chi connectivity index (χ1) is 16.4. The van der Waals surface area contributed by atoms with Crippen molar-refractivity contribution < 1.29 is 33.3 Å². The van der Waals surface area contributed by atoms with Gasteiger partial charge in [-0.05, 0) is 30.7 Å². The van der Waals surface area contributed by atoms with Gasteiger partial charge < -0.3 is 29.4 Å². The summed E-state index contributed by atoms with van der Waals surface area (Å²) >= 11 is 0. The Labute approximate surface area is 196 Å². The first kappa shape index (κ1) is 24.4. The molecule has 0 aliphatic carbocycles. The zero-order valence-electron chi connectivity index (χ0n) is 19.6. The minimum absolute atomic E-state index is 0.0113. The number of nitrogens with two attached hydrogens (primary N) is 1. The van der Waals surface area contributed by atoms with Gasteiger partial charge in [-0.25, -0.2) is 9.48 Å². The maximum atomic E-state index is 13.7. The fourth-order valence-electron chi connectivity index (χ4n) is 3.38. The SMILES string of the molecule is CCOC(=O)c1nnn(Cc2ccc(OC)cc2)c1C(=O)c1cc(OC)c(OC)c(OC)c1N. The van der Waals surface area contributed by atoms with Crippen LogP contribution in [-0.4, -0.2) is 61.8 Å². The van der Waals surface area contributed by atoms with Crippen molar-refractivity contribution in [2.75, 3.05) is 40.8 Å². The van der Waals surface area contributed by atoms with Crippen LogP contribution < -0.4 is 24.7 Å². The minimum atomic E-state index is -0.780. The molecule has 0 fully saturated rings. The molecule has 1 heterocycles. The zero-order chi connectivity index (χ0) is 24.8. The molecule has 0 saturated carbocycles. The summed E-state index contributed by atoms with van der Waals surface area (Å²) in [6.07, 6.45) is 0. The van der Waals surface area contributed by atoms with E-state index in [9.17, 15) is 9.59 Å². The lowest BCUT2D eigenvalue weighted by atomic mass is 10.0. The van der Waals surface area contributed by atoms with Crippen molar-refractivity contribution in [3.8, 4) is 23.0 Å². The highest BCUT2D eigenvalue weighted by Crippen LogP contribution is 2.44. The molecule has 0 bridgehead atoms. The summed E-state index contributed by atoms with van der Waals surface area (Å²) in [4.78, 5) is 26.3. The number of ether oxygens (including phenoxy) is 5. The summed E-state index contributed by atoms with van der Waals surface area (Å²) in [5, 5.41) is 7.96. The summed E-state index contributed by atoms with van der Waals surface area (Å²) in [6, 6.07) is 8.59. The van der Waals surface area contributed by atoms with E-state index in [0.29, 0.717) is 5.75 Å². The van der Waals surface area contributed by atoms with Crippen molar-refractivity contribution in [1.29, 1.82) is 0 Å². The second-order valence-corrected chi connectivity index (χ2v) is 6.95. The first-order valence-electron chi connectivity index (χ1n) is 10.3. The molecule has 0 aliphatic heterocycles. The first-order valence-corrected chi connectivity index (χ1v) is 10.3. The minimum Gasteiger partial charge on any atom is -0.497 e. The van der Waals surface area contributed by atoms with E-state index in [4.69, 9.17) is 29.4 Å². The van der Waals surface area contributed by atoms with E-state index in [0.717, 1.165) is 5.56 Å². The highest BCUT2D eigenvalue weighted by molar-refractivity contribution is 6.16. The monoisotopic (exact) mass is 470 g/mol. The summed E-state index contributed by atoms with van der Waals surface area (Å²) < 4.78 is 27.6. The number of ketones is 1. The van der Waals surface area contributed by atoms with Gasteiger partial charge in [-0.2, -0.15) is 0 Å². The van der Waals surface area contributed by atoms with E-state index in [-0.39, 0.29) is 53.0 Å². The Kier molecular flexibility index (Phi) is 7.57. The fraction of sp³-hybridized carbons (Fsp3) is 0.304. The van der Waals surface area contributed by atoms with Gasteiger partial charge in [0, 0.05) is 0 Å². The number of hydrogen-bond donors (Lipinski definition) is 1. The van der Waals surface area contributed by atoms with Gasteiger partial charge in [0.2, 0.25) is 17.2 Å². The zero-order valence-corrected chi connectivity index (χ0v) is 19.6. The summed E-state index contributed by atoms with van der Waals surface area (Å²) in [5.41, 5.74) is 6.78. The molecular weight excluding hydrogens is 444 g/mol. The van der Waals surface area contributed by atoms with Gasteiger partial charge in [-0.3, -0.25) is 4.79 Å². The molecule has 0 unspecified atom stereocenters. The smallest absolute Gasteiger partial charge is 0.361 e. The number of rotatable bonds is 10. The number of hydrogen-bond acceptors (Lipinski definition) is 10.